The van der Waals surface area contributed by atoms with Crippen molar-refractivity contribution in [2.75, 3.05) is 31.0 Å². The number of hydrogen-bond acceptors (Lipinski definition) is 8. The monoisotopic (exact) mass is 519 g/mol. The highest BCUT2D eigenvalue weighted by molar-refractivity contribution is 7.14. The van der Waals surface area contributed by atoms with Gasteiger partial charge >= 0.3 is 6.03 Å². The maximum absolute atomic E-state index is 14.8. The molecule has 4 aromatic rings. The molecule has 0 unspecified atom stereocenters. The maximum Gasteiger partial charge on any atom is 0.325 e. The summed E-state index contributed by atoms with van der Waals surface area (Å²) in [6, 6.07) is 10.5. The second-order valence-electron chi connectivity index (χ2n) is 8.30. The minimum Gasteiger partial charge on any atom is -0.490 e. The molecule has 0 saturated heterocycles. The smallest absolute Gasteiger partial charge is 0.325 e. The Morgan fingerprint density at radius 2 is 2.05 bits per heavy atom. The third-order valence-electron chi connectivity index (χ3n) is 5.62. The van der Waals surface area contributed by atoms with Crippen LogP contribution in [-0.2, 0) is 4.74 Å². The van der Waals surface area contributed by atoms with Gasteiger partial charge in [-0.3, -0.25) is 10.3 Å². The number of nitriles is 1. The number of nitrogens with zero attached hydrogens (tertiary/aromatic N) is 3. The number of anilines is 2. The second kappa shape index (κ2) is 10.8. The number of aromatic nitrogens is 2. The van der Waals surface area contributed by atoms with E-state index in [2.05, 4.69) is 26.7 Å². The van der Waals surface area contributed by atoms with Crippen molar-refractivity contribution < 1.29 is 23.4 Å². The number of carbonyl (C=O) groups is 1. The summed E-state index contributed by atoms with van der Waals surface area (Å²) in [4.78, 5) is 21.0. The van der Waals surface area contributed by atoms with Crippen molar-refractivity contribution in [3.05, 3.63) is 65.0 Å². The molecule has 0 aliphatic heterocycles. The number of halogens is 1. The fourth-order valence-electron chi connectivity index (χ4n) is 3.63. The Balaban J connectivity index is 1.29. The number of amides is 2. The summed E-state index contributed by atoms with van der Waals surface area (Å²) in [5.41, 5.74) is 1.83. The van der Waals surface area contributed by atoms with E-state index in [0.29, 0.717) is 45.6 Å². The van der Waals surface area contributed by atoms with Crippen LogP contribution in [0.1, 0.15) is 30.0 Å². The third-order valence-corrected chi connectivity index (χ3v) is 6.40. The molecule has 1 aliphatic carbocycles. The zero-order chi connectivity index (χ0) is 25.8. The van der Waals surface area contributed by atoms with E-state index in [9.17, 15) is 14.4 Å². The van der Waals surface area contributed by atoms with E-state index in [4.69, 9.17) is 14.2 Å². The first-order valence-electron chi connectivity index (χ1n) is 11.5. The fourth-order valence-corrected chi connectivity index (χ4v) is 4.41. The molecule has 0 atom stereocenters. The lowest BCUT2D eigenvalue weighted by Gasteiger charge is -2.13. The van der Waals surface area contributed by atoms with Gasteiger partial charge in [0.1, 0.15) is 35.7 Å². The molecule has 1 aliphatic rings. The number of ether oxygens (including phenoxy) is 3. The van der Waals surface area contributed by atoms with Gasteiger partial charge in [0.25, 0.3) is 0 Å². The summed E-state index contributed by atoms with van der Waals surface area (Å²) in [5, 5.41) is 17.6. The van der Waals surface area contributed by atoms with Crippen LogP contribution in [-0.4, -0.2) is 36.3 Å². The molecule has 2 aromatic heterocycles. The highest BCUT2D eigenvalue weighted by Crippen LogP contribution is 2.41. The number of thiazole rings is 1. The average molecular weight is 520 g/mol. The maximum atomic E-state index is 14.8. The normalized spacial score (nSPS) is 12.7. The third kappa shape index (κ3) is 5.77. The molecule has 2 aromatic carbocycles. The first kappa shape index (κ1) is 24.4. The zero-order valence-electron chi connectivity index (χ0n) is 19.8. The number of urea groups is 1. The van der Waals surface area contributed by atoms with Crippen LogP contribution in [0.2, 0.25) is 0 Å². The molecule has 37 heavy (non-hydrogen) atoms. The second-order valence-corrected chi connectivity index (χ2v) is 9.16. The van der Waals surface area contributed by atoms with Gasteiger partial charge in [-0.1, -0.05) is 0 Å². The van der Waals surface area contributed by atoms with Crippen molar-refractivity contribution in [1.82, 2.24) is 9.97 Å². The molecular formula is C26H22FN5O4S. The Bertz CT molecular complexity index is 1500. The number of nitrogens with one attached hydrogen (secondary N) is 2. The van der Waals surface area contributed by atoms with Gasteiger partial charge in [-0.15, -0.1) is 11.3 Å². The highest BCUT2D eigenvalue weighted by Gasteiger charge is 2.26. The number of benzene rings is 2. The molecule has 0 spiro atoms. The van der Waals surface area contributed by atoms with Gasteiger partial charge < -0.3 is 19.5 Å². The SMILES string of the molecule is COCCOc1cc2nccc(Oc3ccc(NC(=O)Nc4nc(C5CC5)cs4)c(F)c3)c2cc1C#N. The summed E-state index contributed by atoms with van der Waals surface area (Å²) < 4.78 is 31.3. The van der Waals surface area contributed by atoms with Crippen LogP contribution in [0, 0.1) is 17.1 Å². The number of fused-ring (bicyclic) bond motifs is 1. The van der Waals surface area contributed by atoms with Crippen LogP contribution in [0.5, 0.6) is 17.2 Å². The van der Waals surface area contributed by atoms with E-state index in [-0.39, 0.29) is 18.0 Å². The predicted molar refractivity (Wildman–Crippen MR) is 137 cm³/mol. The Morgan fingerprint density at radius 1 is 1.19 bits per heavy atom. The summed E-state index contributed by atoms with van der Waals surface area (Å²) in [6.45, 7) is 0.666. The molecule has 2 amide bonds. The van der Waals surface area contributed by atoms with Gasteiger partial charge in [0, 0.05) is 42.1 Å². The number of pyridine rings is 1. The van der Waals surface area contributed by atoms with Crippen molar-refractivity contribution in [2.24, 2.45) is 0 Å². The lowest BCUT2D eigenvalue weighted by molar-refractivity contribution is 0.146. The van der Waals surface area contributed by atoms with Crippen LogP contribution in [0.4, 0.5) is 20.0 Å². The molecule has 9 nitrogen and oxygen atoms in total. The highest BCUT2D eigenvalue weighted by atomic mass is 32.1. The Hall–Kier alpha value is -4.27. The Labute approximate surface area is 215 Å². The van der Waals surface area contributed by atoms with E-state index in [1.165, 1.54) is 29.5 Å². The zero-order valence-corrected chi connectivity index (χ0v) is 20.6. The van der Waals surface area contributed by atoms with Gasteiger partial charge in [0.05, 0.1) is 29.1 Å². The van der Waals surface area contributed by atoms with E-state index in [1.807, 2.05) is 5.38 Å². The Kier molecular flexibility index (Phi) is 7.11. The molecule has 1 fully saturated rings. The molecule has 2 N–H and O–H groups in total. The van der Waals surface area contributed by atoms with Gasteiger partial charge in [0.2, 0.25) is 0 Å². The number of carbonyl (C=O) groups excluding carboxylic acids is 1. The lowest BCUT2D eigenvalue weighted by atomic mass is 10.1. The van der Waals surface area contributed by atoms with E-state index in [1.54, 1.807) is 31.5 Å². The lowest BCUT2D eigenvalue weighted by Crippen LogP contribution is -2.20. The largest absolute Gasteiger partial charge is 0.490 e. The predicted octanol–water partition coefficient (Wildman–Crippen LogP) is 6.04. The first-order chi connectivity index (χ1) is 18.0. The topological polar surface area (TPSA) is 118 Å². The number of rotatable bonds is 9. The minimum absolute atomic E-state index is 0.00646. The molecule has 5 rings (SSSR count). The summed E-state index contributed by atoms with van der Waals surface area (Å²) in [6.07, 6.45) is 3.79. The molecule has 0 bridgehead atoms. The van der Waals surface area contributed by atoms with E-state index in [0.717, 1.165) is 18.5 Å². The number of hydrogen-bond donors (Lipinski definition) is 2. The molecule has 11 heteroatoms. The number of methoxy groups -OCH3 is 1. The quantitative estimate of drug-likeness (QED) is 0.259. The Morgan fingerprint density at radius 3 is 2.81 bits per heavy atom. The van der Waals surface area contributed by atoms with Gasteiger partial charge in [-0.25, -0.2) is 14.2 Å². The summed E-state index contributed by atoms with van der Waals surface area (Å²) >= 11 is 1.34. The van der Waals surface area contributed by atoms with Crippen molar-refractivity contribution in [2.45, 2.75) is 18.8 Å². The van der Waals surface area contributed by atoms with Crippen LogP contribution < -0.4 is 20.1 Å². The minimum atomic E-state index is -0.671. The van der Waals surface area contributed by atoms with E-state index >= 15 is 0 Å². The average Bonchev–Trinajstić information content (AvgIpc) is 3.64. The van der Waals surface area contributed by atoms with Crippen LogP contribution in [0.3, 0.4) is 0 Å². The van der Waals surface area contributed by atoms with Gasteiger partial charge in [-0.05, 0) is 37.1 Å². The molecule has 0 radical (unpaired) electrons. The van der Waals surface area contributed by atoms with Crippen LogP contribution in [0.15, 0.2) is 48.0 Å². The summed E-state index contributed by atoms with van der Waals surface area (Å²) in [5.74, 6) is 0.801. The molecule has 1 saturated carbocycles. The van der Waals surface area contributed by atoms with Crippen LogP contribution in [0.25, 0.3) is 10.9 Å². The standard InChI is InChI=1S/C26H22FN5O4S/c1-34-8-9-35-24-12-21-18(10-16(24)13-28)23(6-7-29-21)36-17-4-5-20(19(27)11-17)30-25(33)32-26-31-22(14-37-26)15-2-3-15/h4-7,10-12,14-15H,2-3,8-9H2,1H3,(H2,30,31,32,33). The van der Waals surface area contributed by atoms with Crippen molar-refractivity contribution in [1.29, 1.82) is 5.26 Å². The van der Waals surface area contributed by atoms with E-state index < -0.39 is 11.8 Å². The van der Waals surface area contributed by atoms with Crippen molar-refractivity contribution in [3.63, 3.8) is 0 Å². The molecule has 188 valence electrons. The van der Waals surface area contributed by atoms with Crippen molar-refractivity contribution >= 4 is 39.1 Å². The fraction of sp³-hybridized carbons (Fsp3) is 0.231. The first-order valence-corrected chi connectivity index (χ1v) is 12.4. The summed E-state index contributed by atoms with van der Waals surface area (Å²) in [7, 11) is 1.56. The van der Waals surface area contributed by atoms with Crippen molar-refractivity contribution in [3.8, 4) is 23.3 Å². The van der Waals surface area contributed by atoms with Crippen LogP contribution >= 0.6 is 11.3 Å². The van der Waals surface area contributed by atoms with Gasteiger partial charge in [0.15, 0.2) is 5.13 Å². The van der Waals surface area contributed by atoms with Gasteiger partial charge in [-0.2, -0.15) is 5.26 Å². The molecular weight excluding hydrogens is 497 g/mol. The molecule has 2 heterocycles.